The van der Waals surface area contributed by atoms with Gasteiger partial charge in [0.2, 0.25) is 10.0 Å². The Morgan fingerprint density at radius 1 is 1.44 bits per heavy atom. The van der Waals surface area contributed by atoms with E-state index >= 15 is 0 Å². The minimum Gasteiger partial charge on any atom is -0.481 e. The maximum Gasteiger partial charge on any atom is 0.304 e. The standard InChI is InChI=1S/C9H12N2O4S/c12-9(13)4-6-16(14,15)11-7-8-3-1-2-5-10-8/h1-3,5,11H,4,6-7H2,(H,12,13). The molecule has 0 bridgehead atoms. The molecule has 0 aliphatic heterocycles. The molecule has 0 fully saturated rings. The lowest BCUT2D eigenvalue weighted by molar-refractivity contribution is -0.136. The number of nitrogens with zero attached hydrogens (tertiary/aromatic N) is 1. The molecular formula is C9H12N2O4S. The Kier molecular flexibility index (Phi) is 4.39. The van der Waals surface area contributed by atoms with Crippen LogP contribution in [0, 0.1) is 0 Å². The molecule has 0 amide bonds. The molecule has 0 atom stereocenters. The number of aliphatic carboxylic acids is 1. The van der Waals surface area contributed by atoms with Gasteiger partial charge in [0.1, 0.15) is 0 Å². The Morgan fingerprint density at radius 3 is 2.75 bits per heavy atom. The Hall–Kier alpha value is -1.47. The van der Waals surface area contributed by atoms with Gasteiger partial charge in [-0.3, -0.25) is 9.78 Å². The Bertz CT molecular complexity index is 444. The van der Waals surface area contributed by atoms with E-state index in [1.807, 2.05) is 0 Å². The first-order chi connectivity index (χ1) is 7.49. The van der Waals surface area contributed by atoms with Crippen molar-refractivity contribution < 1.29 is 18.3 Å². The van der Waals surface area contributed by atoms with Gasteiger partial charge in [0.25, 0.3) is 0 Å². The summed E-state index contributed by atoms with van der Waals surface area (Å²) in [5.41, 5.74) is 0.585. The fourth-order valence-corrected chi connectivity index (χ4v) is 1.94. The van der Waals surface area contributed by atoms with Crippen molar-refractivity contribution in [3.05, 3.63) is 30.1 Å². The quantitative estimate of drug-likeness (QED) is 0.732. The zero-order valence-corrected chi connectivity index (χ0v) is 9.27. The maximum atomic E-state index is 11.3. The van der Waals surface area contributed by atoms with Crippen LogP contribution in [-0.2, 0) is 21.4 Å². The van der Waals surface area contributed by atoms with Crippen LogP contribution in [0.1, 0.15) is 12.1 Å². The summed E-state index contributed by atoms with van der Waals surface area (Å²) in [5.74, 6) is -1.56. The molecule has 88 valence electrons. The second-order valence-corrected chi connectivity index (χ2v) is 5.03. The zero-order valence-electron chi connectivity index (χ0n) is 8.46. The lowest BCUT2D eigenvalue weighted by Crippen LogP contribution is -2.27. The lowest BCUT2D eigenvalue weighted by atomic mass is 10.4. The maximum absolute atomic E-state index is 11.3. The molecule has 0 saturated carbocycles. The van der Waals surface area contributed by atoms with Crippen LogP contribution in [0.3, 0.4) is 0 Å². The van der Waals surface area contributed by atoms with Crippen LogP contribution in [-0.4, -0.2) is 30.2 Å². The number of carbonyl (C=O) groups is 1. The highest BCUT2D eigenvalue weighted by molar-refractivity contribution is 7.89. The second-order valence-electron chi connectivity index (χ2n) is 3.10. The topological polar surface area (TPSA) is 96.4 Å². The SMILES string of the molecule is O=C(O)CCS(=O)(=O)NCc1ccccn1. The third-order valence-corrected chi connectivity index (χ3v) is 3.11. The van der Waals surface area contributed by atoms with E-state index in [0.29, 0.717) is 5.69 Å². The van der Waals surface area contributed by atoms with Crippen LogP contribution in [0.5, 0.6) is 0 Å². The van der Waals surface area contributed by atoms with Gasteiger partial charge >= 0.3 is 5.97 Å². The molecule has 6 nitrogen and oxygen atoms in total. The summed E-state index contributed by atoms with van der Waals surface area (Å²) < 4.78 is 24.9. The van der Waals surface area contributed by atoms with Gasteiger partial charge in [0.05, 0.1) is 24.4 Å². The molecule has 0 unspecified atom stereocenters. The molecule has 1 aromatic rings. The van der Waals surface area contributed by atoms with Crippen LogP contribution in [0.25, 0.3) is 0 Å². The highest BCUT2D eigenvalue weighted by Gasteiger charge is 2.12. The van der Waals surface area contributed by atoms with Gasteiger partial charge in [-0.05, 0) is 12.1 Å². The molecule has 1 heterocycles. The molecule has 0 spiro atoms. The van der Waals surface area contributed by atoms with Crippen LogP contribution >= 0.6 is 0 Å². The smallest absolute Gasteiger partial charge is 0.304 e. The first-order valence-electron chi connectivity index (χ1n) is 4.59. The summed E-state index contributed by atoms with van der Waals surface area (Å²) >= 11 is 0. The summed E-state index contributed by atoms with van der Waals surface area (Å²) in [7, 11) is -3.55. The van der Waals surface area contributed by atoms with Gasteiger partial charge in [0.15, 0.2) is 0 Å². The van der Waals surface area contributed by atoms with Crippen molar-refractivity contribution in [3.63, 3.8) is 0 Å². The summed E-state index contributed by atoms with van der Waals surface area (Å²) in [4.78, 5) is 14.1. The average Bonchev–Trinajstić information content (AvgIpc) is 2.26. The number of hydrogen-bond donors (Lipinski definition) is 2. The molecular weight excluding hydrogens is 232 g/mol. The molecule has 0 saturated heterocycles. The highest BCUT2D eigenvalue weighted by atomic mass is 32.2. The van der Waals surface area contributed by atoms with Crippen LogP contribution < -0.4 is 4.72 Å². The van der Waals surface area contributed by atoms with Crippen molar-refractivity contribution in [1.82, 2.24) is 9.71 Å². The fourth-order valence-electron chi connectivity index (χ4n) is 0.980. The summed E-state index contributed by atoms with van der Waals surface area (Å²) in [6.45, 7) is 0.0722. The minimum atomic E-state index is -3.55. The lowest BCUT2D eigenvalue weighted by Gasteiger charge is -2.04. The van der Waals surface area contributed by atoms with Gasteiger partial charge in [-0.2, -0.15) is 0 Å². The summed E-state index contributed by atoms with van der Waals surface area (Å²) in [5, 5.41) is 8.36. The number of pyridine rings is 1. The fraction of sp³-hybridized carbons (Fsp3) is 0.333. The van der Waals surface area contributed by atoms with Gasteiger partial charge in [0, 0.05) is 6.20 Å². The Balaban J connectivity index is 2.45. The first kappa shape index (κ1) is 12.6. The number of carboxylic acid groups (broad SMARTS) is 1. The molecule has 2 N–H and O–H groups in total. The Labute approximate surface area is 93.4 Å². The van der Waals surface area contributed by atoms with Crippen molar-refractivity contribution in [2.24, 2.45) is 0 Å². The summed E-state index contributed by atoms with van der Waals surface area (Å²) in [6, 6.07) is 5.15. The highest BCUT2D eigenvalue weighted by Crippen LogP contribution is 1.96. The van der Waals surface area contributed by atoms with Gasteiger partial charge < -0.3 is 5.11 Å². The molecule has 0 radical (unpaired) electrons. The van der Waals surface area contributed by atoms with Crippen molar-refractivity contribution in [3.8, 4) is 0 Å². The Morgan fingerprint density at radius 2 is 2.19 bits per heavy atom. The number of sulfonamides is 1. The number of carboxylic acids is 1. The van der Waals surface area contributed by atoms with E-state index in [2.05, 4.69) is 9.71 Å². The van der Waals surface area contributed by atoms with E-state index in [1.54, 1.807) is 24.4 Å². The predicted molar refractivity (Wildman–Crippen MR) is 57.1 cm³/mol. The number of aromatic nitrogens is 1. The van der Waals surface area contributed by atoms with Crippen LogP contribution in [0.4, 0.5) is 0 Å². The molecule has 1 aromatic heterocycles. The first-order valence-corrected chi connectivity index (χ1v) is 6.24. The number of hydrogen-bond acceptors (Lipinski definition) is 4. The molecule has 0 aliphatic rings. The van der Waals surface area contributed by atoms with Gasteiger partial charge in [-0.15, -0.1) is 0 Å². The minimum absolute atomic E-state index is 0.0722. The molecule has 16 heavy (non-hydrogen) atoms. The molecule has 7 heteroatoms. The predicted octanol–water partition coefficient (Wildman–Crippen LogP) is -0.0243. The second kappa shape index (κ2) is 5.57. The van der Waals surface area contributed by atoms with E-state index in [0.717, 1.165) is 0 Å². The largest absolute Gasteiger partial charge is 0.481 e. The van der Waals surface area contributed by atoms with E-state index < -0.39 is 28.2 Å². The number of rotatable bonds is 6. The van der Waals surface area contributed by atoms with Crippen LogP contribution in [0.15, 0.2) is 24.4 Å². The van der Waals surface area contributed by atoms with Crippen molar-refractivity contribution in [2.45, 2.75) is 13.0 Å². The average molecular weight is 244 g/mol. The van der Waals surface area contributed by atoms with Crippen LogP contribution in [0.2, 0.25) is 0 Å². The van der Waals surface area contributed by atoms with E-state index in [9.17, 15) is 13.2 Å². The van der Waals surface area contributed by atoms with E-state index in [4.69, 9.17) is 5.11 Å². The molecule has 0 aliphatic carbocycles. The zero-order chi connectivity index (χ0) is 12.0. The normalized spacial score (nSPS) is 11.2. The van der Waals surface area contributed by atoms with Crippen molar-refractivity contribution in [1.29, 1.82) is 0 Å². The monoisotopic (exact) mass is 244 g/mol. The van der Waals surface area contributed by atoms with E-state index in [-0.39, 0.29) is 6.54 Å². The van der Waals surface area contributed by atoms with E-state index in [1.165, 1.54) is 0 Å². The van der Waals surface area contributed by atoms with Gasteiger partial charge in [-0.25, -0.2) is 13.1 Å². The van der Waals surface area contributed by atoms with Gasteiger partial charge in [-0.1, -0.05) is 6.07 Å². The third kappa shape index (κ3) is 4.85. The molecule has 0 aromatic carbocycles. The van der Waals surface area contributed by atoms with Crippen molar-refractivity contribution in [2.75, 3.05) is 5.75 Å². The van der Waals surface area contributed by atoms with Crippen molar-refractivity contribution >= 4 is 16.0 Å². The summed E-state index contributed by atoms with van der Waals surface area (Å²) in [6.07, 6.45) is 1.15. The number of nitrogens with one attached hydrogen (secondary N) is 1. The molecule has 1 rings (SSSR count). The third-order valence-electron chi connectivity index (χ3n) is 1.78.